The molecule has 3 nitrogen and oxygen atoms in total. The molecule has 2 heterocycles. The van der Waals surface area contributed by atoms with Crippen LogP contribution >= 0.6 is 0 Å². The Morgan fingerprint density at radius 1 is 0.264 bits per heavy atom. The third-order valence-electron chi connectivity index (χ3n) is 10.6. The number of hydrogen-bond acceptors (Lipinski definition) is 3. The van der Waals surface area contributed by atoms with Crippen LogP contribution in [0.25, 0.3) is 87.7 Å². The summed E-state index contributed by atoms with van der Waals surface area (Å²) in [6.45, 7) is 0. The van der Waals surface area contributed by atoms with Crippen LogP contribution in [0.15, 0.2) is 197 Å². The van der Waals surface area contributed by atoms with Gasteiger partial charge in [0.15, 0.2) is 0 Å². The molecule has 2 aromatic heterocycles. The van der Waals surface area contributed by atoms with Gasteiger partial charge in [-0.1, -0.05) is 121 Å². The molecule has 0 N–H and O–H groups in total. The molecular weight excluding hydrogens is 647 g/mol. The molecule has 0 aliphatic carbocycles. The predicted octanol–water partition coefficient (Wildman–Crippen LogP) is 14.6. The Labute approximate surface area is 305 Å². The molecule has 0 radical (unpaired) electrons. The summed E-state index contributed by atoms with van der Waals surface area (Å²) in [7, 11) is 0. The first-order valence-electron chi connectivity index (χ1n) is 18.0. The maximum Gasteiger partial charge on any atom is 0.136 e. The summed E-state index contributed by atoms with van der Waals surface area (Å²) in [5, 5.41) is 9.22. The van der Waals surface area contributed by atoms with Gasteiger partial charge < -0.3 is 13.7 Å². The van der Waals surface area contributed by atoms with E-state index in [9.17, 15) is 0 Å². The van der Waals surface area contributed by atoms with Crippen LogP contribution in [-0.2, 0) is 0 Å². The van der Waals surface area contributed by atoms with Gasteiger partial charge in [-0.15, -0.1) is 0 Å². The van der Waals surface area contributed by atoms with Gasteiger partial charge in [-0.3, -0.25) is 0 Å². The van der Waals surface area contributed by atoms with E-state index in [0.29, 0.717) is 0 Å². The fraction of sp³-hybridized carbons (Fsp3) is 0. The molecule has 0 spiro atoms. The van der Waals surface area contributed by atoms with Crippen LogP contribution in [0, 0.1) is 0 Å². The van der Waals surface area contributed by atoms with Gasteiger partial charge in [0.25, 0.3) is 0 Å². The van der Waals surface area contributed by atoms with Gasteiger partial charge in [-0.05, 0) is 111 Å². The largest absolute Gasteiger partial charge is 0.456 e. The lowest BCUT2D eigenvalue weighted by atomic mass is 9.98. The lowest BCUT2D eigenvalue weighted by Gasteiger charge is -2.26. The minimum absolute atomic E-state index is 0.880. The zero-order valence-corrected chi connectivity index (χ0v) is 28.7. The summed E-state index contributed by atoms with van der Waals surface area (Å²) >= 11 is 0. The van der Waals surface area contributed by atoms with Gasteiger partial charge in [0, 0.05) is 38.6 Å². The van der Waals surface area contributed by atoms with E-state index in [1.807, 2.05) is 24.3 Å². The summed E-state index contributed by atoms with van der Waals surface area (Å²) in [6, 6.07) is 67.0. The molecule has 0 aliphatic rings. The molecule has 0 amide bonds. The van der Waals surface area contributed by atoms with E-state index in [4.69, 9.17) is 8.83 Å². The van der Waals surface area contributed by atoms with E-state index >= 15 is 0 Å². The average molecular weight is 678 g/mol. The van der Waals surface area contributed by atoms with Crippen molar-refractivity contribution in [2.45, 2.75) is 0 Å². The van der Waals surface area contributed by atoms with Gasteiger partial charge in [0.1, 0.15) is 22.3 Å². The Hall–Kier alpha value is -7.10. The van der Waals surface area contributed by atoms with Gasteiger partial charge in [-0.25, -0.2) is 0 Å². The molecule has 53 heavy (non-hydrogen) atoms. The van der Waals surface area contributed by atoms with Crippen molar-refractivity contribution in [3.63, 3.8) is 0 Å². The van der Waals surface area contributed by atoms with Crippen molar-refractivity contribution < 1.29 is 8.83 Å². The number of hydrogen-bond donors (Lipinski definition) is 0. The molecule has 9 aromatic carbocycles. The molecule has 3 heteroatoms. The Bertz CT molecular complexity index is 3150. The minimum Gasteiger partial charge on any atom is -0.456 e. The lowest BCUT2D eigenvalue weighted by molar-refractivity contribution is 0.668. The van der Waals surface area contributed by atoms with Crippen LogP contribution in [0.5, 0.6) is 0 Å². The maximum atomic E-state index is 6.26. The second-order valence-electron chi connectivity index (χ2n) is 13.7. The third kappa shape index (κ3) is 4.90. The third-order valence-corrected chi connectivity index (χ3v) is 10.6. The molecule has 11 aromatic rings. The van der Waals surface area contributed by atoms with Crippen LogP contribution in [0.3, 0.4) is 0 Å². The first-order valence-corrected chi connectivity index (χ1v) is 18.0. The second-order valence-corrected chi connectivity index (χ2v) is 13.7. The second kappa shape index (κ2) is 11.7. The van der Waals surface area contributed by atoms with Crippen molar-refractivity contribution in [1.29, 1.82) is 0 Å². The molecule has 0 saturated heterocycles. The van der Waals surface area contributed by atoms with Crippen LogP contribution < -0.4 is 4.90 Å². The SMILES string of the molecule is c1ccc(-c2ccc(-c3ccc(N(c4ccc5ccc6cc7oc8ccccc8c7cc6c5c4)c4ccc5oc6ccccc6c5c4)cc3)cc2)cc1. The van der Waals surface area contributed by atoms with Crippen molar-refractivity contribution in [1.82, 2.24) is 0 Å². The predicted molar refractivity (Wildman–Crippen MR) is 222 cm³/mol. The normalized spacial score (nSPS) is 11.8. The average Bonchev–Trinajstić information content (AvgIpc) is 3.78. The number of furan rings is 2. The minimum atomic E-state index is 0.880. The van der Waals surface area contributed by atoms with E-state index in [2.05, 4.69) is 169 Å². The molecule has 0 fully saturated rings. The van der Waals surface area contributed by atoms with Crippen molar-refractivity contribution in [3.05, 3.63) is 188 Å². The molecule has 0 saturated carbocycles. The van der Waals surface area contributed by atoms with E-state index in [1.54, 1.807) is 0 Å². The van der Waals surface area contributed by atoms with Crippen molar-refractivity contribution >= 4 is 82.5 Å². The van der Waals surface area contributed by atoms with Crippen LogP contribution in [0.2, 0.25) is 0 Å². The van der Waals surface area contributed by atoms with Gasteiger partial charge >= 0.3 is 0 Å². The molecule has 0 bridgehead atoms. The summed E-state index contributed by atoms with van der Waals surface area (Å²) in [5.41, 5.74) is 11.6. The topological polar surface area (TPSA) is 29.5 Å². The first-order chi connectivity index (χ1) is 26.2. The summed E-state index contributed by atoms with van der Waals surface area (Å²) in [6.07, 6.45) is 0. The molecule has 11 rings (SSSR count). The zero-order chi connectivity index (χ0) is 34.9. The lowest BCUT2D eigenvalue weighted by Crippen LogP contribution is -2.09. The van der Waals surface area contributed by atoms with Crippen molar-refractivity contribution in [2.24, 2.45) is 0 Å². The standard InChI is InChI=1S/C50H31NO2/c1-2-8-32(9-3-1)33-14-16-34(17-15-33)35-20-23-38(24-21-35)51(40-26-27-49-45(30-40)41-10-4-6-12-47(41)52-49)39-25-22-36-18-19-37-28-50-46(31-44(37)43(36)29-39)42-11-5-7-13-48(42)53-50/h1-31H. The highest BCUT2D eigenvalue weighted by Gasteiger charge is 2.18. The number of rotatable bonds is 5. The summed E-state index contributed by atoms with van der Waals surface area (Å²) < 4.78 is 12.5. The quantitative estimate of drug-likeness (QED) is 0.170. The fourth-order valence-corrected chi connectivity index (χ4v) is 7.99. The van der Waals surface area contributed by atoms with Crippen LogP contribution in [0.1, 0.15) is 0 Å². The Kier molecular flexibility index (Phi) is 6.55. The van der Waals surface area contributed by atoms with Crippen molar-refractivity contribution in [2.75, 3.05) is 4.90 Å². The molecule has 0 aliphatic heterocycles. The molecular formula is C50H31NO2. The highest BCUT2D eigenvalue weighted by Crippen LogP contribution is 2.42. The van der Waals surface area contributed by atoms with Gasteiger partial charge in [0.05, 0.1) is 0 Å². The summed E-state index contributed by atoms with van der Waals surface area (Å²) in [5.74, 6) is 0. The number of benzene rings is 9. The number of anilines is 3. The number of nitrogens with zero attached hydrogens (tertiary/aromatic N) is 1. The highest BCUT2D eigenvalue weighted by atomic mass is 16.3. The van der Waals surface area contributed by atoms with Gasteiger partial charge in [-0.2, -0.15) is 0 Å². The smallest absolute Gasteiger partial charge is 0.136 e. The number of para-hydroxylation sites is 2. The molecule has 248 valence electrons. The number of fused-ring (bicyclic) bond motifs is 9. The monoisotopic (exact) mass is 677 g/mol. The summed E-state index contributed by atoms with van der Waals surface area (Å²) in [4.78, 5) is 2.35. The Morgan fingerprint density at radius 2 is 0.717 bits per heavy atom. The Balaban J connectivity index is 1.07. The zero-order valence-electron chi connectivity index (χ0n) is 28.7. The van der Waals surface area contributed by atoms with E-state index in [1.165, 1.54) is 38.4 Å². The Morgan fingerprint density at radius 3 is 1.42 bits per heavy atom. The van der Waals surface area contributed by atoms with Crippen LogP contribution in [0.4, 0.5) is 17.1 Å². The van der Waals surface area contributed by atoms with Crippen molar-refractivity contribution in [3.8, 4) is 22.3 Å². The molecule has 0 atom stereocenters. The highest BCUT2D eigenvalue weighted by molar-refractivity contribution is 6.17. The first kappa shape index (κ1) is 29.6. The maximum absolute atomic E-state index is 6.26. The van der Waals surface area contributed by atoms with E-state index < -0.39 is 0 Å². The van der Waals surface area contributed by atoms with Gasteiger partial charge in [0.2, 0.25) is 0 Å². The fourth-order valence-electron chi connectivity index (χ4n) is 7.99. The van der Waals surface area contributed by atoms with E-state index in [0.717, 1.165) is 66.3 Å². The van der Waals surface area contributed by atoms with Crippen LogP contribution in [-0.4, -0.2) is 0 Å². The molecule has 0 unspecified atom stereocenters. The van der Waals surface area contributed by atoms with E-state index in [-0.39, 0.29) is 0 Å².